The highest BCUT2D eigenvalue weighted by Crippen LogP contribution is 2.12. The monoisotopic (exact) mass is 256 g/mol. The van der Waals surface area contributed by atoms with Crippen LogP contribution < -0.4 is 10.6 Å². The molecule has 0 saturated heterocycles. The number of nitrogens with one attached hydrogen (secondary N) is 2. The van der Waals surface area contributed by atoms with Crippen molar-refractivity contribution in [2.75, 3.05) is 11.9 Å². The molecule has 19 heavy (non-hydrogen) atoms. The first kappa shape index (κ1) is 13.2. The van der Waals surface area contributed by atoms with Gasteiger partial charge >= 0.3 is 0 Å². The molecule has 98 valence electrons. The highest BCUT2D eigenvalue weighted by Gasteiger charge is 2.03. The molecule has 0 saturated carbocycles. The fraction of sp³-hybridized carbons (Fsp3) is 0.214. The smallest absolute Gasteiger partial charge is 0.238 e. The Morgan fingerprint density at radius 3 is 2.79 bits per heavy atom. The molecule has 5 nitrogen and oxygen atoms in total. The second kappa shape index (κ2) is 6.61. The fourth-order valence-corrected chi connectivity index (χ4v) is 1.64. The zero-order valence-corrected chi connectivity index (χ0v) is 10.8. The summed E-state index contributed by atoms with van der Waals surface area (Å²) in [5.74, 6) is -0.0711. The summed E-state index contributed by atoms with van der Waals surface area (Å²) >= 11 is 0. The van der Waals surface area contributed by atoms with Crippen LogP contribution in [0.1, 0.15) is 11.3 Å². The van der Waals surface area contributed by atoms with E-state index < -0.39 is 0 Å². The topological polar surface area (TPSA) is 66.9 Å². The van der Waals surface area contributed by atoms with Crippen molar-refractivity contribution in [3.05, 3.63) is 53.9 Å². The standard InChI is InChI=1S/C14H16N4O/c1-11-5-2-3-7-13(11)17-14(19)10-15-9-12-6-4-8-16-18-12/h2-8,15H,9-10H2,1H3,(H,17,19). The van der Waals surface area contributed by atoms with Crippen molar-refractivity contribution in [1.82, 2.24) is 15.5 Å². The van der Waals surface area contributed by atoms with Crippen LogP contribution in [-0.2, 0) is 11.3 Å². The average molecular weight is 256 g/mol. The lowest BCUT2D eigenvalue weighted by molar-refractivity contribution is -0.115. The van der Waals surface area contributed by atoms with Crippen molar-refractivity contribution < 1.29 is 4.79 Å². The van der Waals surface area contributed by atoms with Gasteiger partial charge in [-0.3, -0.25) is 4.79 Å². The van der Waals surface area contributed by atoms with Crippen molar-refractivity contribution in [3.63, 3.8) is 0 Å². The molecule has 1 heterocycles. The SMILES string of the molecule is Cc1ccccc1NC(=O)CNCc1cccnn1. The van der Waals surface area contributed by atoms with Gasteiger partial charge < -0.3 is 10.6 Å². The van der Waals surface area contributed by atoms with Crippen molar-refractivity contribution in [2.24, 2.45) is 0 Å². The van der Waals surface area contributed by atoms with Crippen LogP contribution in [0.4, 0.5) is 5.69 Å². The lowest BCUT2D eigenvalue weighted by Gasteiger charge is -2.08. The summed E-state index contributed by atoms with van der Waals surface area (Å²) in [6.07, 6.45) is 1.62. The number of rotatable bonds is 5. The summed E-state index contributed by atoms with van der Waals surface area (Å²) < 4.78 is 0. The summed E-state index contributed by atoms with van der Waals surface area (Å²) in [5.41, 5.74) is 2.70. The van der Waals surface area contributed by atoms with Crippen LogP contribution >= 0.6 is 0 Å². The molecule has 1 aromatic heterocycles. The summed E-state index contributed by atoms with van der Waals surface area (Å²) in [7, 11) is 0. The molecule has 1 amide bonds. The van der Waals surface area contributed by atoms with Gasteiger partial charge in [-0.25, -0.2) is 0 Å². The van der Waals surface area contributed by atoms with Gasteiger partial charge in [-0.05, 0) is 30.7 Å². The van der Waals surface area contributed by atoms with Crippen LogP contribution in [-0.4, -0.2) is 22.6 Å². The van der Waals surface area contributed by atoms with Crippen LogP contribution in [0.25, 0.3) is 0 Å². The third kappa shape index (κ3) is 4.15. The van der Waals surface area contributed by atoms with E-state index in [-0.39, 0.29) is 12.5 Å². The highest BCUT2D eigenvalue weighted by atomic mass is 16.1. The minimum Gasteiger partial charge on any atom is -0.325 e. The molecular formula is C14H16N4O. The Hall–Kier alpha value is -2.27. The van der Waals surface area contributed by atoms with Crippen molar-refractivity contribution in [3.8, 4) is 0 Å². The van der Waals surface area contributed by atoms with E-state index in [0.717, 1.165) is 16.9 Å². The Kier molecular flexibility index (Phi) is 4.58. The van der Waals surface area contributed by atoms with E-state index in [4.69, 9.17) is 0 Å². The maximum atomic E-state index is 11.7. The molecule has 0 aliphatic carbocycles. The van der Waals surface area contributed by atoms with E-state index in [1.165, 1.54) is 0 Å². The number of para-hydroxylation sites is 1. The Balaban J connectivity index is 1.78. The van der Waals surface area contributed by atoms with Crippen LogP contribution in [0.15, 0.2) is 42.6 Å². The maximum absolute atomic E-state index is 11.7. The second-order valence-corrected chi connectivity index (χ2v) is 4.18. The van der Waals surface area contributed by atoms with Gasteiger partial charge in [0, 0.05) is 18.4 Å². The number of benzene rings is 1. The molecule has 0 fully saturated rings. The number of aryl methyl sites for hydroxylation is 1. The first-order chi connectivity index (χ1) is 9.25. The van der Waals surface area contributed by atoms with Crippen molar-refractivity contribution in [2.45, 2.75) is 13.5 Å². The molecule has 5 heteroatoms. The molecule has 0 unspecified atom stereocenters. The largest absolute Gasteiger partial charge is 0.325 e. The molecule has 0 spiro atoms. The van der Waals surface area contributed by atoms with E-state index >= 15 is 0 Å². The average Bonchev–Trinajstić information content (AvgIpc) is 2.43. The lowest BCUT2D eigenvalue weighted by atomic mass is 10.2. The van der Waals surface area contributed by atoms with Gasteiger partial charge in [0.2, 0.25) is 5.91 Å². The van der Waals surface area contributed by atoms with Gasteiger partial charge in [0.1, 0.15) is 0 Å². The van der Waals surface area contributed by atoms with Crippen LogP contribution in [0, 0.1) is 6.92 Å². The number of aromatic nitrogens is 2. The normalized spacial score (nSPS) is 10.2. The number of anilines is 1. The Morgan fingerprint density at radius 1 is 1.21 bits per heavy atom. The van der Waals surface area contributed by atoms with E-state index in [0.29, 0.717) is 6.54 Å². The quantitative estimate of drug-likeness (QED) is 0.851. The number of carbonyl (C=O) groups excluding carboxylic acids is 1. The predicted molar refractivity (Wildman–Crippen MR) is 73.5 cm³/mol. The zero-order valence-electron chi connectivity index (χ0n) is 10.8. The summed E-state index contributed by atoms with van der Waals surface area (Å²) in [6.45, 7) is 2.72. The third-order valence-electron chi connectivity index (χ3n) is 2.64. The molecule has 0 aliphatic rings. The molecule has 0 aliphatic heterocycles. The van der Waals surface area contributed by atoms with E-state index in [1.54, 1.807) is 6.20 Å². The molecule has 0 atom stereocenters. The van der Waals surface area contributed by atoms with E-state index in [9.17, 15) is 4.79 Å². The minimum absolute atomic E-state index is 0.0711. The molecule has 1 aromatic carbocycles. The van der Waals surface area contributed by atoms with Crippen LogP contribution in [0.3, 0.4) is 0 Å². The Labute approximate surface area is 112 Å². The minimum atomic E-state index is -0.0711. The number of carbonyl (C=O) groups is 1. The summed E-state index contributed by atoms with van der Waals surface area (Å²) in [4.78, 5) is 11.7. The van der Waals surface area contributed by atoms with E-state index in [2.05, 4.69) is 20.8 Å². The van der Waals surface area contributed by atoms with Crippen LogP contribution in [0.5, 0.6) is 0 Å². The molecule has 2 aromatic rings. The van der Waals surface area contributed by atoms with Gasteiger partial charge in [-0.2, -0.15) is 10.2 Å². The van der Waals surface area contributed by atoms with Crippen molar-refractivity contribution >= 4 is 11.6 Å². The first-order valence-electron chi connectivity index (χ1n) is 6.08. The van der Waals surface area contributed by atoms with E-state index in [1.807, 2.05) is 43.3 Å². The van der Waals surface area contributed by atoms with Gasteiger partial charge in [0.25, 0.3) is 0 Å². The number of amides is 1. The molecule has 0 bridgehead atoms. The Morgan fingerprint density at radius 2 is 2.05 bits per heavy atom. The van der Waals surface area contributed by atoms with Gasteiger partial charge in [-0.15, -0.1) is 0 Å². The molecule has 2 N–H and O–H groups in total. The fourth-order valence-electron chi connectivity index (χ4n) is 1.64. The summed E-state index contributed by atoms with van der Waals surface area (Å²) in [5, 5.41) is 13.6. The maximum Gasteiger partial charge on any atom is 0.238 e. The van der Waals surface area contributed by atoms with Crippen LogP contribution in [0.2, 0.25) is 0 Å². The first-order valence-corrected chi connectivity index (χ1v) is 6.08. The number of hydrogen-bond acceptors (Lipinski definition) is 4. The van der Waals surface area contributed by atoms with Gasteiger partial charge in [-0.1, -0.05) is 18.2 Å². The lowest BCUT2D eigenvalue weighted by Crippen LogP contribution is -2.28. The molecule has 2 rings (SSSR count). The number of nitrogens with zero attached hydrogens (tertiary/aromatic N) is 2. The molecule has 0 radical (unpaired) electrons. The highest BCUT2D eigenvalue weighted by molar-refractivity contribution is 5.92. The Bertz CT molecular complexity index is 542. The second-order valence-electron chi connectivity index (χ2n) is 4.18. The molecular weight excluding hydrogens is 240 g/mol. The zero-order chi connectivity index (χ0) is 13.5. The van der Waals surface area contributed by atoms with Gasteiger partial charge in [0.05, 0.1) is 12.2 Å². The van der Waals surface area contributed by atoms with Gasteiger partial charge in [0.15, 0.2) is 0 Å². The number of hydrogen-bond donors (Lipinski definition) is 2. The third-order valence-corrected chi connectivity index (χ3v) is 2.64. The predicted octanol–water partition coefficient (Wildman–Crippen LogP) is 1.51. The summed E-state index contributed by atoms with van der Waals surface area (Å²) in [6, 6.07) is 11.4. The van der Waals surface area contributed by atoms with Crippen molar-refractivity contribution in [1.29, 1.82) is 0 Å².